The van der Waals surface area contributed by atoms with E-state index in [2.05, 4.69) is 45.8 Å². The van der Waals surface area contributed by atoms with Crippen molar-refractivity contribution in [1.82, 2.24) is 19.9 Å². The quantitative estimate of drug-likeness (QED) is 0.661. The number of hydrogen-bond acceptors (Lipinski definition) is 5. The van der Waals surface area contributed by atoms with E-state index in [1.807, 2.05) is 42.9 Å². The van der Waals surface area contributed by atoms with Crippen LogP contribution in [0.25, 0.3) is 0 Å². The molecule has 0 saturated heterocycles. The summed E-state index contributed by atoms with van der Waals surface area (Å²) in [4.78, 5) is 20.1. The summed E-state index contributed by atoms with van der Waals surface area (Å²) in [5, 5.41) is 0. The molecule has 5 heteroatoms. The molecule has 25 heavy (non-hydrogen) atoms. The largest absolute Gasteiger partial charge is 0.352 e. The molecule has 0 spiro atoms. The number of pyridine rings is 2. The summed E-state index contributed by atoms with van der Waals surface area (Å²) >= 11 is 0. The zero-order chi connectivity index (χ0) is 17.5. The minimum atomic E-state index is 0.302. The standard InChI is InChI=1S/C20H23N5/c1-16(2)20-23-12-8-19(24-20)25(15-17-6-5-10-21-14-17)13-9-18-7-3-4-11-22-18/h3-8,10-12,14,16H,9,13,15H2,1-2H3. The Bertz CT molecular complexity index is 774. The topological polar surface area (TPSA) is 54.8 Å². The van der Waals surface area contributed by atoms with Gasteiger partial charge in [0, 0.05) is 55.9 Å². The van der Waals surface area contributed by atoms with Gasteiger partial charge in [-0.1, -0.05) is 26.0 Å². The Morgan fingerprint density at radius 1 is 0.960 bits per heavy atom. The molecule has 0 N–H and O–H groups in total. The number of anilines is 1. The summed E-state index contributed by atoms with van der Waals surface area (Å²) in [7, 11) is 0. The van der Waals surface area contributed by atoms with Gasteiger partial charge in [0.25, 0.3) is 0 Å². The molecule has 3 aromatic heterocycles. The van der Waals surface area contributed by atoms with Crippen molar-refractivity contribution in [2.75, 3.05) is 11.4 Å². The minimum Gasteiger partial charge on any atom is -0.352 e. The first-order valence-corrected chi connectivity index (χ1v) is 8.59. The minimum absolute atomic E-state index is 0.302. The van der Waals surface area contributed by atoms with E-state index >= 15 is 0 Å². The van der Waals surface area contributed by atoms with Gasteiger partial charge in [-0.2, -0.15) is 0 Å². The molecular formula is C20H23N5. The molecule has 0 aliphatic carbocycles. The van der Waals surface area contributed by atoms with Gasteiger partial charge in [-0.15, -0.1) is 0 Å². The van der Waals surface area contributed by atoms with Crippen LogP contribution < -0.4 is 4.90 Å². The number of hydrogen-bond donors (Lipinski definition) is 0. The van der Waals surface area contributed by atoms with Gasteiger partial charge in [0.2, 0.25) is 0 Å². The summed E-state index contributed by atoms with van der Waals surface area (Å²) in [6.07, 6.45) is 8.24. The predicted molar refractivity (Wildman–Crippen MR) is 99.3 cm³/mol. The van der Waals surface area contributed by atoms with Crippen LogP contribution in [-0.4, -0.2) is 26.5 Å². The molecule has 0 aliphatic rings. The fourth-order valence-corrected chi connectivity index (χ4v) is 2.60. The number of rotatable bonds is 7. The van der Waals surface area contributed by atoms with Crippen molar-refractivity contribution in [3.63, 3.8) is 0 Å². The highest BCUT2D eigenvalue weighted by Gasteiger charge is 2.12. The van der Waals surface area contributed by atoms with E-state index in [1.54, 1.807) is 6.20 Å². The van der Waals surface area contributed by atoms with Crippen LogP contribution in [0.1, 0.15) is 36.8 Å². The van der Waals surface area contributed by atoms with Gasteiger partial charge in [-0.05, 0) is 29.8 Å². The van der Waals surface area contributed by atoms with Crippen LogP contribution in [0.4, 0.5) is 5.82 Å². The van der Waals surface area contributed by atoms with Crippen molar-refractivity contribution in [2.45, 2.75) is 32.7 Å². The summed E-state index contributed by atoms with van der Waals surface area (Å²) in [5.41, 5.74) is 2.24. The van der Waals surface area contributed by atoms with Crippen molar-refractivity contribution >= 4 is 5.82 Å². The van der Waals surface area contributed by atoms with E-state index in [9.17, 15) is 0 Å². The maximum absolute atomic E-state index is 4.76. The molecule has 0 saturated carbocycles. The van der Waals surface area contributed by atoms with Gasteiger partial charge in [0.05, 0.1) is 0 Å². The maximum atomic E-state index is 4.76. The van der Waals surface area contributed by atoms with E-state index in [1.165, 1.54) is 0 Å². The molecule has 0 aliphatic heterocycles. The molecule has 0 atom stereocenters. The Morgan fingerprint density at radius 2 is 1.88 bits per heavy atom. The summed E-state index contributed by atoms with van der Waals surface area (Å²) in [6.45, 7) is 5.81. The van der Waals surface area contributed by atoms with Gasteiger partial charge < -0.3 is 4.90 Å². The molecule has 0 unspecified atom stereocenters. The van der Waals surface area contributed by atoms with Gasteiger partial charge >= 0.3 is 0 Å². The molecule has 0 fully saturated rings. The zero-order valence-corrected chi connectivity index (χ0v) is 14.7. The zero-order valence-electron chi connectivity index (χ0n) is 14.7. The van der Waals surface area contributed by atoms with Crippen LogP contribution in [0.15, 0.2) is 61.2 Å². The Kier molecular flexibility index (Phi) is 5.67. The van der Waals surface area contributed by atoms with Crippen LogP contribution in [0, 0.1) is 0 Å². The third-order valence-electron chi connectivity index (χ3n) is 3.96. The summed E-state index contributed by atoms with van der Waals surface area (Å²) < 4.78 is 0. The second-order valence-electron chi connectivity index (χ2n) is 6.28. The van der Waals surface area contributed by atoms with Crippen LogP contribution in [-0.2, 0) is 13.0 Å². The first-order chi connectivity index (χ1) is 12.2. The Hall–Kier alpha value is -2.82. The molecule has 3 rings (SSSR count). The van der Waals surface area contributed by atoms with Crippen LogP contribution in [0.2, 0.25) is 0 Å². The van der Waals surface area contributed by atoms with E-state index in [4.69, 9.17) is 4.98 Å². The molecule has 0 radical (unpaired) electrons. The van der Waals surface area contributed by atoms with Gasteiger partial charge in [0.15, 0.2) is 0 Å². The Morgan fingerprint density at radius 3 is 2.60 bits per heavy atom. The molecule has 5 nitrogen and oxygen atoms in total. The van der Waals surface area contributed by atoms with Crippen molar-refractivity contribution in [2.24, 2.45) is 0 Å². The highest BCUT2D eigenvalue weighted by Crippen LogP contribution is 2.17. The van der Waals surface area contributed by atoms with E-state index in [0.29, 0.717) is 5.92 Å². The van der Waals surface area contributed by atoms with Gasteiger partial charge in [-0.3, -0.25) is 9.97 Å². The monoisotopic (exact) mass is 333 g/mol. The van der Waals surface area contributed by atoms with Crippen LogP contribution in [0.5, 0.6) is 0 Å². The first kappa shape index (κ1) is 17.0. The predicted octanol–water partition coefficient (Wildman–Crippen LogP) is 3.64. The van der Waals surface area contributed by atoms with Crippen LogP contribution in [0.3, 0.4) is 0 Å². The number of aromatic nitrogens is 4. The Balaban J connectivity index is 1.81. The fraction of sp³-hybridized carbons (Fsp3) is 0.300. The summed E-state index contributed by atoms with van der Waals surface area (Å²) in [6, 6.07) is 12.0. The SMILES string of the molecule is CC(C)c1nccc(N(CCc2ccccn2)Cc2cccnc2)n1. The van der Waals surface area contributed by atoms with E-state index in [0.717, 1.165) is 42.4 Å². The van der Waals surface area contributed by atoms with Gasteiger partial charge in [-0.25, -0.2) is 9.97 Å². The van der Waals surface area contributed by atoms with E-state index < -0.39 is 0 Å². The normalized spacial score (nSPS) is 10.8. The molecule has 0 bridgehead atoms. The highest BCUT2D eigenvalue weighted by atomic mass is 15.2. The lowest BCUT2D eigenvalue weighted by Crippen LogP contribution is -2.27. The molecule has 128 valence electrons. The average Bonchev–Trinajstić information content (AvgIpc) is 2.67. The van der Waals surface area contributed by atoms with Gasteiger partial charge in [0.1, 0.15) is 11.6 Å². The highest BCUT2D eigenvalue weighted by molar-refractivity contribution is 5.39. The third-order valence-corrected chi connectivity index (χ3v) is 3.96. The second-order valence-corrected chi connectivity index (χ2v) is 6.28. The molecule has 0 aromatic carbocycles. The van der Waals surface area contributed by atoms with E-state index in [-0.39, 0.29) is 0 Å². The third kappa shape index (κ3) is 4.83. The van der Waals surface area contributed by atoms with Crippen molar-refractivity contribution in [3.05, 3.63) is 78.3 Å². The smallest absolute Gasteiger partial charge is 0.133 e. The molecule has 3 aromatic rings. The fourth-order valence-electron chi connectivity index (χ4n) is 2.60. The molecule has 0 amide bonds. The Labute approximate surface area is 148 Å². The molecule has 3 heterocycles. The van der Waals surface area contributed by atoms with Crippen molar-refractivity contribution in [3.8, 4) is 0 Å². The summed E-state index contributed by atoms with van der Waals surface area (Å²) in [5.74, 6) is 2.11. The number of nitrogens with zero attached hydrogens (tertiary/aromatic N) is 5. The lowest BCUT2D eigenvalue weighted by molar-refractivity contribution is 0.726. The first-order valence-electron chi connectivity index (χ1n) is 8.59. The second kappa shape index (κ2) is 8.33. The van der Waals surface area contributed by atoms with Crippen molar-refractivity contribution < 1.29 is 0 Å². The lowest BCUT2D eigenvalue weighted by Gasteiger charge is -2.24. The average molecular weight is 333 g/mol. The maximum Gasteiger partial charge on any atom is 0.133 e. The molecular weight excluding hydrogens is 310 g/mol. The van der Waals surface area contributed by atoms with Crippen molar-refractivity contribution in [1.29, 1.82) is 0 Å². The van der Waals surface area contributed by atoms with Crippen LogP contribution >= 0.6 is 0 Å². The lowest BCUT2D eigenvalue weighted by atomic mass is 10.2.